The lowest BCUT2D eigenvalue weighted by Gasteiger charge is -2.02. The Bertz CT molecular complexity index is 145. The van der Waals surface area contributed by atoms with E-state index in [1.165, 1.54) is 0 Å². The molecule has 0 spiro atoms. The minimum absolute atomic E-state index is 0.560. The van der Waals surface area contributed by atoms with Gasteiger partial charge in [-0.15, -0.1) is 0 Å². The van der Waals surface area contributed by atoms with Gasteiger partial charge in [0.25, 0.3) is 0 Å². The van der Waals surface area contributed by atoms with Crippen LogP contribution in [0.5, 0.6) is 0 Å². The van der Waals surface area contributed by atoms with E-state index in [2.05, 4.69) is 24.0 Å². The molecule has 3 nitrogen and oxygen atoms in total. The monoisotopic (exact) mass is 142 g/mol. The molecule has 0 aromatic rings. The van der Waals surface area contributed by atoms with Gasteiger partial charge in [0, 0.05) is 19.0 Å². The summed E-state index contributed by atoms with van der Waals surface area (Å²) in [6.45, 7) is 4.22. The van der Waals surface area contributed by atoms with Gasteiger partial charge in [0.1, 0.15) is 7.11 Å². The van der Waals surface area contributed by atoms with Crippen molar-refractivity contribution in [1.82, 2.24) is 4.90 Å². The Hall–Kier alpha value is -0.570. The molecule has 10 heavy (non-hydrogen) atoms. The van der Waals surface area contributed by atoms with Gasteiger partial charge in [0.05, 0.1) is 5.71 Å². The van der Waals surface area contributed by atoms with Crippen molar-refractivity contribution in [3.8, 4) is 0 Å². The molecule has 1 heterocycles. The highest BCUT2D eigenvalue weighted by atomic mass is 16.6. The standard InChI is InChI=1S/C7H14N2O/c1-6-4-9(2)5-7(6)8-10-3/h6H,4-5H2,1-3H3. The predicted octanol–water partition coefficient (Wildman–Crippen LogP) is 0.570. The van der Waals surface area contributed by atoms with Gasteiger partial charge < -0.3 is 9.74 Å². The van der Waals surface area contributed by atoms with Gasteiger partial charge in [-0.25, -0.2) is 0 Å². The van der Waals surface area contributed by atoms with E-state index in [9.17, 15) is 0 Å². The molecule has 1 aliphatic heterocycles. The first kappa shape index (κ1) is 7.54. The minimum atomic E-state index is 0.560. The van der Waals surface area contributed by atoms with Crippen molar-refractivity contribution in [2.45, 2.75) is 6.92 Å². The second-order valence-electron chi connectivity index (χ2n) is 2.86. The van der Waals surface area contributed by atoms with Crippen molar-refractivity contribution in [2.75, 3.05) is 27.2 Å². The van der Waals surface area contributed by atoms with E-state index in [1.807, 2.05) is 0 Å². The third kappa shape index (κ3) is 1.48. The molecule has 0 aliphatic carbocycles. The molecule has 1 fully saturated rings. The summed E-state index contributed by atoms with van der Waals surface area (Å²) in [5.41, 5.74) is 1.16. The number of nitrogens with zero attached hydrogens (tertiary/aromatic N) is 2. The summed E-state index contributed by atoms with van der Waals surface area (Å²) in [6.07, 6.45) is 0. The van der Waals surface area contributed by atoms with Crippen molar-refractivity contribution < 1.29 is 4.84 Å². The molecule has 0 saturated carbocycles. The van der Waals surface area contributed by atoms with Crippen molar-refractivity contribution in [2.24, 2.45) is 11.1 Å². The van der Waals surface area contributed by atoms with Crippen LogP contribution in [0.1, 0.15) is 6.92 Å². The number of oxime groups is 1. The summed E-state index contributed by atoms with van der Waals surface area (Å²) < 4.78 is 0. The lowest BCUT2D eigenvalue weighted by molar-refractivity contribution is 0.211. The summed E-state index contributed by atoms with van der Waals surface area (Å²) in [7, 11) is 3.69. The maximum absolute atomic E-state index is 4.71. The molecule has 58 valence electrons. The van der Waals surface area contributed by atoms with E-state index >= 15 is 0 Å². The van der Waals surface area contributed by atoms with Crippen molar-refractivity contribution in [3.05, 3.63) is 0 Å². The highest BCUT2D eigenvalue weighted by Crippen LogP contribution is 2.10. The number of likely N-dealkylation sites (tertiary alicyclic amines) is 1. The third-order valence-corrected chi connectivity index (χ3v) is 1.79. The van der Waals surface area contributed by atoms with Crippen LogP contribution in [0.2, 0.25) is 0 Å². The molecule has 1 unspecified atom stereocenters. The predicted molar refractivity (Wildman–Crippen MR) is 41.1 cm³/mol. The fraction of sp³-hybridized carbons (Fsp3) is 0.857. The lowest BCUT2D eigenvalue weighted by atomic mass is 10.1. The van der Waals surface area contributed by atoms with Crippen LogP contribution in [0, 0.1) is 5.92 Å². The molecule has 0 N–H and O–H groups in total. The van der Waals surface area contributed by atoms with E-state index in [0.29, 0.717) is 5.92 Å². The Morgan fingerprint density at radius 3 is 2.80 bits per heavy atom. The summed E-state index contributed by atoms with van der Waals surface area (Å²) in [5.74, 6) is 0.560. The highest BCUT2D eigenvalue weighted by Gasteiger charge is 2.22. The molecule has 1 rings (SSSR count). The molecule has 0 aromatic carbocycles. The Morgan fingerprint density at radius 2 is 2.40 bits per heavy atom. The summed E-state index contributed by atoms with van der Waals surface area (Å²) in [5, 5.41) is 3.93. The molecule has 0 amide bonds. The number of rotatable bonds is 1. The largest absolute Gasteiger partial charge is 0.399 e. The fourth-order valence-corrected chi connectivity index (χ4v) is 1.31. The second-order valence-corrected chi connectivity index (χ2v) is 2.86. The van der Waals surface area contributed by atoms with Gasteiger partial charge in [-0.1, -0.05) is 12.1 Å². The van der Waals surface area contributed by atoms with Crippen LogP contribution in [0.15, 0.2) is 5.16 Å². The van der Waals surface area contributed by atoms with Crippen LogP contribution in [0.25, 0.3) is 0 Å². The molecular weight excluding hydrogens is 128 g/mol. The number of hydrogen-bond acceptors (Lipinski definition) is 3. The van der Waals surface area contributed by atoms with E-state index in [0.717, 1.165) is 18.8 Å². The van der Waals surface area contributed by atoms with Crippen molar-refractivity contribution in [1.29, 1.82) is 0 Å². The normalized spacial score (nSPS) is 31.5. The molecular formula is C7H14N2O. The molecule has 3 heteroatoms. The zero-order valence-corrected chi connectivity index (χ0v) is 6.79. The molecule has 1 saturated heterocycles. The second kappa shape index (κ2) is 3.01. The zero-order valence-electron chi connectivity index (χ0n) is 6.79. The van der Waals surface area contributed by atoms with E-state index in [4.69, 9.17) is 4.84 Å². The first-order valence-electron chi connectivity index (χ1n) is 3.52. The van der Waals surface area contributed by atoms with Gasteiger partial charge in [0.2, 0.25) is 0 Å². The Labute approximate surface area is 61.6 Å². The first-order valence-corrected chi connectivity index (χ1v) is 3.52. The molecule has 0 radical (unpaired) electrons. The maximum atomic E-state index is 4.71. The Morgan fingerprint density at radius 1 is 1.70 bits per heavy atom. The zero-order chi connectivity index (χ0) is 7.56. The van der Waals surface area contributed by atoms with Gasteiger partial charge in [-0.2, -0.15) is 0 Å². The van der Waals surface area contributed by atoms with Gasteiger partial charge in [-0.05, 0) is 7.05 Å². The molecule has 1 aliphatic rings. The van der Waals surface area contributed by atoms with Crippen LogP contribution in [-0.4, -0.2) is 37.9 Å². The molecule has 0 aromatic heterocycles. The van der Waals surface area contributed by atoms with Crippen LogP contribution < -0.4 is 0 Å². The highest BCUT2D eigenvalue weighted by molar-refractivity contribution is 5.89. The first-order chi connectivity index (χ1) is 4.74. The lowest BCUT2D eigenvalue weighted by Crippen LogP contribution is -2.13. The maximum Gasteiger partial charge on any atom is 0.106 e. The average molecular weight is 142 g/mol. The van der Waals surface area contributed by atoms with Crippen LogP contribution in [0.3, 0.4) is 0 Å². The summed E-state index contributed by atoms with van der Waals surface area (Å²) in [4.78, 5) is 6.94. The molecule has 1 atom stereocenters. The smallest absolute Gasteiger partial charge is 0.106 e. The number of hydrogen-bond donors (Lipinski definition) is 0. The molecule has 0 bridgehead atoms. The Kier molecular flexibility index (Phi) is 2.27. The SMILES string of the molecule is CON=C1CN(C)CC1C. The van der Waals surface area contributed by atoms with Gasteiger partial charge in [-0.3, -0.25) is 0 Å². The topological polar surface area (TPSA) is 24.8 Å². The van der Waals surface area contributed by atoms with E-state index in [-0.39, 0.29) is 0 Å². The van der Waals surface area contributed by atoms with Crippen molar-refractivity contribution >= 4 is 5.71 Å². The quantitative estimate of drug-likeness (QED) is 0.500. The minimum Gasteiger partial charge on any atom is -0.399 e. The van der Waals surface area contributed by atoms with Gasteiger partial charge in [0.15, 0.2) is 0 Å². The van der Waals surface area contributed by atoms with Crippen LogP contribution in [-0.2, 0) is 4.84 Å². The fourth-order valence-electron chi connectivity index (χ4n) is 1.31. The summed E-state index contributed by atoms with van der Waals surface area (Å²) in [6, 6.07) is 0. The van der Waals surface area contributed by atoms with E-state index in [1.54, 1.807) is 7.11 Å². The van der Waals surface area contributed by atoms with Gasteiger partial charge >= 0.3 is 0 Å². The van der Waals surface area contributed by atoms with Crippen LogP contribution >= 0.6 is 0 Å². The van der Waals surface area contributed by atoms with Crippen LogP contribution in [0.4, 0.5) is 0 Å². The Balaban J connectivity index is 2.54. The summed E-state index contributed by atoms with van der Waals surface area (Å²) >= 11 is 0. The average Bonchev–Trinajstić information content (AvgIpc) is 2.13. The van der Waals surface area contributed by atoms with Crippen molar-refractivity contribution in [3.63, 3.8) is 0 Å². The third-order valence-electron chi connectivity index (χ3n) is 1.79. The van der Waals surface area contributed by atoms with E-state index < -0.39 is 0 Å².